The standard InChI is InChI=1S/C21H22N4O4S/c1-3-24(4-2)30(28,29)18-12-13-20(21(14-18)25(26)27)23-22-15-17-10-7-9-16-8-5-6-11-19(16)17/h5-15,23H,3-4H2,1-2H3/b22-15+. The molecular weight excluding hydrogens is 404 g/mol. The number of hydrogen-bond acceptors (Lipinski definition) is 6. The molecule has 9 heteroatoms. The Hall–Kier alpha value is -3.30. The van der Waals surface area contributed by atoms with E-state index < -0.39 is 14.9 Å². The molecule has 0 atom stereocenters. The van der Waals surface area contributed by atoms with E-state index in [1.54, 1.807) is 20.1 Å². The highest BCUT2D eigenvalue weighted by Gasteiger charge is 2.25. The van der Waals surface area contributed by atoms with E-state index in [0.29, 0.717) is 0 Å². The summed E-state index contributed by atoms with van der Waals surface area (Å²) in [5, 5.41) is 17.7. The van der Waals surface area contributed by atoms with Gasteiger partial charge in [-0.1, -0.05) is 56.3 Å². The van der Waals surface area contributed by atoms with Gasteiger partial charge in [0.1, 0.15) is 5.69 Å². The maximum atomic E-state index is 12.7. The Morgan fingerprint density at radius 2 is 1.77 bits per heavy atom. The van der Waals surface area contributed by atoms with Crippen molar-refractivity contribution in [2.75, 3.05) is 18.5 Å². The predicted octanol–water partition coefficient (Wildman–Crippen LogP) is 4.22. The zero-order valence-corrected chi connectivity index (χ0v) is 17.5. The fourth-order valence-electron chi connectivity index (χ4n) is 3.16. The highest BCUT2D eigenvalue weighted by atomic mass is 32.2. The van der Waals surface area contributed by atoms with Crippen molar-refractivity contribution in [3.8, 4) is 0 Å². The van der Waals surface area contributed by atoms with Crippen molar-refractivity contribution < 1.29 is 13.3 Å². The zero-order valence-electron chi connectivity index (χ0n) is 16.6. The molecule has 3 aromatic rings. The predicted molar refractivity (Wildman–Crippen MR) is 118 cm³/mol. The summed E-state index contributed by atoms with van der Waals surface area (Å²) in [6.07, 6.45) is 1.58. The number of nitrogens with one attached hydrogen (secondary N) is 1. The van der Waals surface area contributed by atoms with E-state index >= 15 is 0 Å². The Kier molecular flexibility index (Phi) is 6.43. The largest absolute Gasteiger partial charge is 0.295 e. The van der Waals surface area contributed by atoms with Gasteiger partial charge in [-0.25, -0.2) is 8.42 Å². The zero-order chi connectivity index (χ0) is 21.7. The maximum Gasteiger partial charge on any atom is 0.295 e. The molecule has 30 heavy (non-hydrogen) atoms. The molecule has 8 nitrogen and oxygen atoms in total. The van der Waals surface area contributed by atoms with Crippen LogP contribution in [-0.4, -0.2) is 37.0 Å². The van der Waals surface area contributed by atoms with Gasteiger partial charge in [-0.15, -0.1) is 0 Å². The summed E-state index contributed by atoms with van der Waals surface area (Å²) in [5.41, 5.74) is 3.26. The Bertz CT molecular complexity index is 1200. The average molecular weight is 426 g/mol. The lowest BCUT2D eigenvalue weighted by Gasteiger charge is -2.18. The molecule has 0 heterocycles. The van der Waals surface area contributed by atoms with Crippen LogP contribution in [0, 0.1) is 10.1 Å². The minimum atomic E-state index is -3.80. The lowest BCUT2D eigenvalue weighted by molar-refractivity contribution is -0.384. The van der Waals surface area contributed by atoms with E-state index in [1.165, 1.54) is 16.4 Å². The van der Waals surface area contributed by atoms with Gasteiger partial charge in [0, 0.05) is 24.7 Å². The second-order valence-corrected chi connectivity index (χ2v) is 8.40. The molecule has 0 aliphatic rings. The van der Waals surface area contributed by atoms with Gasteiger partial charge in [0.15, 0.2) is 0 Å². The summed E-state index contributed by atoms with van der Waals surface area (Å²) in [5.74, 6) is 0. The van der Waals surface area contributed by atoms with Crippen LogP contribution < -0.4 is 5.43 Å². The van der Waals surface area contributed by atoms with Crippen molar-refractivity contribution in [1.82, 2.24) is 4.31 Å². The van der Waals surface area contributed by atoms with Gasteiger partial charge in [-0.3, -0.25) is 15.5 Å². The van der Waals surface area contributed by atoms with Crippen molar-refractivity contribution in [1.29, 1.82) is 0 Å². The van der Waals surface area contributed by atoms with E-state index in [1.807, 2.05) is 42.5 Å². The molecule has 3 aromatic carbocycles. The Morgan fingerprint density at radius 3 is 2.47 bits per heavy atom. The van der Waals surface area contributed by atoms with E-state index in [-0.39, 0.29) is 29.4 Å². The van der Waals surface area contributed by atoms with Gasteiger partial charge in [-0.2, -0.15) is 9.41 Å². The summed E-state index contributed by atoms with van der Waals surface area (Å²) in [7, 11) is -3.80. The van der Waals surface area contributed by atoms with E-state index in [4.69, 9.17) is 0 Å². The third-order valence-corrected chi connectivity index (χ3v) is 6.77. The minimum absolute atomic E-state index is 0.106. The molecular formula is C21H22N4O4S. The quantitative estimate of drug-likeness (QED) is 0.330. The molecule has 0 radical (unpaired) electrons. The average Bonchev–Trinajstić information content (AvgIpc) is 2.74. The molecule has 0 aliphatic carbocycles. The van der Waals surface area contributed by atoms with Gasteiger partial charge in [0.25, 0.3) is 5.69 Å². The van der Waals surface area contributed by atoms with Crippen LogP contribution in [0.5, 0.6) is 0 Å². The van der Waals surface area contributed by atoms with Gasteiger partial charge in [0.2, 0.25) is 10.0 Å². The molecule has 1 N–H and O–H groups in total. The van der Waals surface area contributed by atoms with Gasteiger partial charge >= 0.3 is 0 Å². The van der Waals surface area contributed by atoms with E-state index in [0.717, 1.165) is 22.4 Å². The first kappa shape index (κ1) is 21.4. The minimum Gasteiger partial charge on any atom is -0.272 e. The van der Waals surface area contributed by atoms with Crippen LogP contribution in [0.2, 0.25) is 0 Å². The van der Waals surface area contributed by atoms with Crippen LogP contribution in [-0.2, 0) is 10.0 Å². The molecule has 0 fully saturated rings. The molecule has 0 unspecified atom stereocenters. The SMILES string of the molecule is CCN(CC)S(=O)(=O)c1ccc(N/N=C/c2cccc3ccccc23)c([N+](=O)[O-])c1. The number of fused-ring (bicyclic) bond motifs is 1. The first-order valence-corrected chi connectivity index (χ1v) is 10.9. The Morgan fingerprint density at radius 1 is 1.07 bits per heavy atom. The summed E-state index contributed by atoms with van der Waals surface area (Å²) >= 11 is 0. The van der Waals surface area contributed by atoms with Gasteiger partial charge in [-0.05, 0) is 22.9 Å². The number of sulfonamides is 1. The maximum absolute atomic E-state index is 12.7. The molecule has 0 spiro atoms. The lowest BCUT2D eigenvalue weighted by atomic mass is 10.1. The summed E-state index contributed by atoms with van der Waals surface area (Å²) < 4.78 is 26.6. The molecule has 0 saturated carbocycles. The van der Waals surface area contributed by atoms with Gasteiger partial charge in [0.05, 0.1) is 16.0 Å². The molecule has 0 saturated heterocycles. The first-order chi connectivity index (χ1) is 14.4. The topological polar surface area (TPSA) is 105 Å². The van der Waals surface area contributed by atoms with Crippen molar-refractivity contribution in [3.05, 3.63) is 76.3 Å². The number of nitro groups is 1. The summed E-state index contributed by atoms with van der Waals surface area (Å²) in [4.78, 5) is 10.8. The number of anilines is 1. The van der Waals surface area contributed by atoms with Crippen LogP contribution in [0.25, 0.3) is 10.8 Å². The van der Waals surface area contributed by atoms with Crippen molar-refractivity contribution in [2.45, 2.75) is 18.7 Å². The number of nitro benzene ring substituents is 1. The van der Waals surface area contributed by atoms with Crippen LogP contribution >= 0.6 is 0 Å². The van der Waals surface area contributed by atoms with Crippen LogP contribution in [0.3, 0.4) is 0 Å². The van der Waals surface area contributed by atoms with Crippen molar-refractivity contribution in [2.24, 2.45) is 5.10 Å². The number of hydrogen-bond donors (Lipinski definition) is 1. The Labute approximate surface area is 175 Å². The fraction of sp³-hybridized carbons (Fsp3) is 0.190. The molecule has 0 amide bonds. The lowest BCUT2D eigenvalue weighted by Crippen LogP contribution is -2.30. The van der Waals surface area contributed by atoms with Crippen LogP contribution in [0.4, 0.5) is 11.4 Å². The number of benzene rings is 3. The number of nitrogens with zero attached hydrogens (tertiary/aromatic N) is 3. The highest BCUT2D eigenvalue weighted by molar-refractivity contribution is 7.89. The fourth-order valence-corrected chi connectivity index (χ4v) is 4.64. The van der Waals surface area contributed by atoms with Gasteiger partial charge < -0.3 is 0 Å². The molecule has 156 valence electrons. The normalized spacial score (nSPS) is 12.0. The highest BCUT2D eigenvalue weighted by Crippen LogP contribution is 2.29. The number of hydrazone groups is 1. The molecule has 0 aromatic heterocycles. The van der Waals surface area contributed by atoms with Crippen molar-refractivity contribution >= 4 is 38.4 Å². The van der Waals surface area contributed by atoms with Crippen LogP contribution in [0.15, 0.2) is 70.7 Å². The van der Waals surface area contributed by atoms with Crippen molar-refractivity contribution in [3.63, 3.8) is 0 Å². The monoisotopic (exact) mass is 426 g/mol. The second-order valence-electron chi connectivity index (χ2n) is 6.46. The molecule has 0 bridgehead atoms. The second kappa shape index (κ2) is 9.02. The third-order valence-electron chi connectivity index (χ3n) is 4.72. The summed E-state index contributed by atoms with van der Waals surface area (Å²) in [6.45, 7) is 3.99. The first-order valence-electron chi connectivity index (χ1n) is 9.44. The smallest absolute Gasteiger partial charge is 0.272 e. The summed E-state index contributed by atoms with van der Waals surface area (Å²) in [6, 6.07) is 17.4. The molecule has 3 rings (SSSR count). The van der Waals surface area contributed by atoms with E-state index in [2.05, 4.69) is 10.5 Å². The van der Waals surface area contributed by atoms with Crippen LogP contribution in [0.1, 0.15) is 19.4 Å². The Balaban J connectivity index is 1.91. The van der Waals surface area contributed by atoms with E-state index in [9.17, 15) is 18.5 Å². The molecule has 0 aliphatic heterocycles. The number of rotatable bonds is 8. The third kappa shape index (κ3) is 4.32.